The number of para-hydroxylation sites is 1. The Kier molecular flexibility index (Phi) is 4.71. The van der Waals surface area contributed by atoms with E-state index in [0.717, 1.165) is 17.8 Å². The standard InChI is InChI=1S/C18H12F3N5/c19-18(20,21)13-8-6-12(7-9-13)11-23-16-15(10-22)17(26-25-16)24-14-4-2-1-3-5-14/h1-9,11H,(H2,24,25,26)/b23-11+. The number of hydrogen-bond donors (Lipinski definition) is 2. The fraction of sp³-hybridized carbons (Fsp3) is 0.0556. The van der Waals surface area contributed by atoms with Crippen molar-refractivity contribution in [3.8, 4) is 6.07 Å². The highest BCUT2D eigenvalue weighted by molar-refractivity contribution is 5.83. The third kappa shape index (κ3) is 3.89. The summed E-state index contributed by atoms with van der Waals surface area (Å²) in [5.41, 5.74) is 0.697. The molecule has 0 spiro atoms. The Hall–Kier alpha value is -3.60. The predicted molar refractivity (Wildman–Crippen MR) is 91.7 cm³/mol. The summed E-state index contributed by atoms with van der Waals surface area (Å²) in [6.45, 7) is 0. The van der Waals surface area contributed by atoms with Crippen LogP contribution in [-0.2, 0) is 6.18 Å². The van der Waals surface area contributed by atoms with Gasteiger partial charge in [0.2, 0.25) is 0 Å². The zero-order valence-corrected chi connectivity index (χ0v) is 13.2. The van der Waals surface area contributed by atoms with Crippen molar-refractivity contribution < 1.29 is 13.2 Å². The SMILES string of the molecule is N#Cc1c(Nc2ccccc2)n[nH]c1/N=C/c1ccc(C(F)(F)F)cc1. The molecule has 0 amide bonds. The van der Waals surface area contributed by atoms with Crippen molar-refractivity contribution >= 4 is 23.5 Å². The molecule has 130 valence electrons. The lowest BCUT2D eigenvalue weighted by molar-refractivity contribution is -0.137. The maximum Gasteiger partial charge on any atom is 0.416 e. The number of rotatable bonds is 4. The van der Waals surface area contributed by atoms with Crippen LogP contribution < -0.4 is 5.32 Å². The van der Waals surface area contributed by atoms with Crippen LogP contribution in [0.25, 0.3) is 0 Å². The van der Waals surface area contributed by atoms with Crippen molar-refractivity contribution in [3.63, 3.8) is 0 Å². The Bertz CT molecular complexity index is 951. The molecule has 1 aromatic heterocycles. The molecule has 2 N–H and O–H groups in total. The molecule has 3 rings (SSSR count). The van der Waals surface area contributed by atoms with Crippen LogP contribution in [0.15, 0.2) is 59.6 Å². The monoisotopic (exact) mass is 355 g/mol. The van der Waals surface area contributed by atoms with Crippen LogP contribution in [0.2, 0.25) is 0 Å². The van der Waals surface area contributed by atoms with Crippen molar-refractivity contribution in [2.45, 2.75) is 6.18 Å². The average Bonchev–Trinajstić information content (AvgIpc) is 3.02. The fourth-order valence-corrected chi connectivity index (χ4v) is 2.18. The smallest absolute Gasteiger partial charge is 0.338 e. The maximum absolute atomic E-state index is 12.6. The van der Waals surface area contributed by atoms with Crippen LogP contribution >= 0.6 is 0 Å². The molecule has 0 bridgehead atoms. The molecule has 0 aliphatic rings. The quantitative estimate of drug-likeness (QED) is 0.660. The van der Waals surface area contributed by atoms with Crippen molar-refractivity contribution in [1.82, 2.24) is 10.2 Å². The first kappa shape index (κ1) is 17.2. The van der Waals surface area contributed by atoms with Gasteiger partial charge in [0.15, 0.2) is 11.6 Å². The number of aliphatic imine (C=N–C) groups is 1. The number of nitriles is 1. The number of hydrogen-bond acceptors (Lipinski definition) is 4. The molecular formula is C18H12F3N5. The van der Waals surface area contributed by atoms with Gasteiger partial charge in [-0.05, 0) is 29.8 Å². The molecular weight excluding hydrogens is 343 g/mol. The first-order valence-corrected chi connectivity index (χ1v) is 7.49. The second-order valence-corrected chi connectivity index (χ2v) is 5.28. The number of nitrogens with zero attached hydrogens (tertiary/aromatic N) is 3. The average molecular weight is 355 g/mol. The molecule has 0 atom stereocenters. The molecule has 3 aromatic rings. The minimum absolute atomic E-state index is 0.206. The third-order valence-corrected chi connectivity index (χ3v) is 3.48. The normalized spacial score (nSPS) is 11.5. The van der Waals surface area contributed by atoms with E-state index in [0.29, 0.717) is 11.4 Å². The van der Waals surface area contributed by atoms with E-state index >= 15 is 0 Å². The summed E-state index contributed by atoms with van der Waals surface area (Å²) in [7, 11) is 0. The van der Waals surface area contributed by atoms with Crippen molar-refractivity contribution in [3.05, 3.63) is 71.3 Å². The molecule has 0 saturated heterocycles. The lowest BCUT2D eigenvalue weighted by Crippen LogP contribution is -2.04. The summed E-state index contributed by atoms with van der Waals surface area (Å²) in [5, 5.41) is 19.0. The lowest BCUT2D eigenvalue weighted by Gasteiger charge is -2.05. The van der Waals surface area contributed by atoms with Crippen LogP contribution in [0.1, 0.15) is 16.7 Å². The molecule has 0 saturated carbocycles. The summed E-state index contributed by atoms with van der Waals surface area (Å²) in [6, 6.07) is 15.7. The third-order valence-electron chi connectivity index (χ3n) is 3.48. The topological polar surface area (TPSA) is 76.9 Å². The molecule has 26 heavy (non-hydrogen) atoms. The molecule has 2 aromatic carbocycles. The van der Waals surface area contributed by atoms with Crippen LogP contribution in [0.4, 0.5) is 30.5 Å². The van der Waals surface area contributed by atoms with Crippen molar-refractivity contribution in [1.29, 1.82) is 5.26 Å². The van der Waals surface area contributed by atoms with Crippen LogP contribution in [0.3, 0.4) is 0 Å². The molecule has 0 unspecified atom stereocenters. The number of anilines is 2. The highest BCUT2D eigenvalue weighted by Gasteiger charge is 2.29. The van der Waals surface area contributed by atoms with Gasteiger partial charge in [-0.1, -0.05) is 30.3 Å². The number of aromatic amines is 1. The van der Waals surface area contributed by atoms with E-state index in [1.165, 1.54) is 18.3 Å². The minimum atomic E-state index is -4.38. The van der Waals surface area contributed by atoms with E-state index in [-0.39, 0.29) is 11.4 Å². The van der Waals surface area contributed by atoms with E-state index in [4.69, 9.17) is 0 Å². The maximum atomic E-state index is 12.6. The summed E-state index contributed by atoms with van der Waals surface area (Å²) >= 11 is 0. The summed E-state index contributed by atoms with van der Waals surface area (Å²) in [5.74, 6) is 0.532. The molecule has 0 aliphatic heterocycles. The van der Waals surface area contributed by atoms with Crippen LogP contribution in [0, 0.1) is 11.3 Å². The number of benzene rings is 2. The Morgan fingerprint density at radius 3 is 2.38 bits per heavy atom. The van der Waals surface area contributed by atoms with Gasteiger partial charge in [0.05, 0.1) is 5.56 Å². The Morgan fingerprint density at radius 2 is 1.77 bits per heavy atom. The second kappa shape index (κ2) is 7.11. The fourth-order valence-electron chi connectivity index (χ4n) is 2.18. The Balaban J connectivity index is 1.80. The zero-order valence-electron chi connectivity index (χ0n) is 13.2. The lowest BCUT2D eigenvalue weighted by atomic mass is 10.1. The van der Waals surface area contributed by atoms with Gasteiger partial charge in [0, 0.05) is 11.9 Å². The van der Waals surface area contributed by atoms with E-state index in [9.17, 15) is 18.4 Å². The van der Waals surface area contributed by atoms with Crippen LogP contribution in [-0.4, -0.2) is 16.4 Å². The Labute approximate surface area is 146 Å². The van der Waals surface area contributed by atoms with Gasteiger partial charge >= 0.3 is 6.18 Å². The molecule has 5 nitrogen and oxygen atoms in total. The van der Waals surface area contributed by atoms with Gasteiger partial charge < -0.3 is 5.32 Å². The first-order chi connectivity index (χ1) is 12.5. The van der Waals surface area contributed by atoms with Gasteiger partial charge in [-0.3, -0.25) is 5.10 Å². The van der Waals surface area contributed by atoms with Gasteiger partial charge in [-0.25, -0.2) is 4.99 Å². The van der Waals surface area contributed by atoms with Crippen molar-refractivity contribution in [2.75, 3.05) is 5.32 Å². The molecule has 0 radical (unpaired) electrons. The van der Waals surface area contributed by atoms with E-state index in [1.54, 1.807) is 0 Å². The molecule has 1 heterocycles. The van der Waals surface area contributed by atoms with Crippen molar-refractivity contribution in [2.24, 2.45) is 4.99 Å². The first-order valence-electron chi connectivity index (χ1n) is 7.49. The van der Waals surface area contributed by atoms with E-state index < -0.39 is 11.7 Å². The van der Waals surface area contributed by atoms with E-state index in [1.807, 2.05) is 36.4 Å². The number of alkyl halides is 3. The number of nitrogens with one attached hydrogen (secondary N) is 2. The Morgan fingerprint density at radius 1 is 1.08 bits per heavy atom. The molecule has 0 aliphatic carbocycles. The summed E-state index contributed by atoms with van der Waals surface area (Å²) in [6.07, 6.45) is -3.02. The summed E-state index contributed by atoms with van der Waals surface area (Å²) < 4.78 is 37.7. The highest BCUT2D eigenvalue weighted by Crippen LogP contribution is 2.29. The van der Waals surface area contributed by atoms with Gasteiger partial charge in [0.1, 0.15) is 11.6 Å². The number of aromatic nitrogens is 2. The predicted octanol–water partition coefficient (Wildman–Crippen LogP) is 4.79. The van der Waals surface area contributed by atoms with Gasteiger partial charge in [-0.15, -0.1) is 0 Å². The van der Waals surface area contributed by atoms with E-state index in [2.05, 4.69) is 20.5 Å². The second-order valence-electron chi connectivity index (χ2n) is 5.28. The minimum Gasteiger partial charge on any atom is -0.338 e. The molecule has 0 fully saturated rings. The summed E-state index contributed by atoms with van der Waals surface area (Å²) in [4.78, 5) is 4.11. The number of halogens is 3. The van der Waals surface area contributed by atoms with Gasteiger partial charge in [0.25, 0.3) is 0 Å². The largest absolute Gasteiger partial charge is 0.416 e. The van der Waals surface area contributed by atoms with Crippen LogP contribution in [0.5, 0.6) is 0 Å². The highest BCUT2D eigenvalue weighted by atomic mass is 19.4. The molecule has 8 heteroatoms. The number of H-pyrrole nitrogens is 1. The van der Waals surface area contributed by atoms with Gasteiger partial charge in [-0.2, -0.15) is 23.5 Å². The zero-order chi connectivity index (χ0) is 18.6.